The molecule has 1 aromatic carbocycles. The van der Waals surface area contributed by atoms with Crippen LogP contribution in [0.4, 0.5) is 0 Å². The Morgan fingerprint density at radius 2 is 1.67 bits per heavy atom. The van der Waals surface area contributed by atoms with Gasteiger partial charge in [-0.1, -0.05) is 57.6 Å². The largest absolute Gasteiger partial charge is 0.497 e. The van der Waals surface area contributed by atoms with E-state index in [-0.39, 0.29) is 0 Å². The maximum Gasteiger partial charge on any atom is 0.118 e. The molecule has 0 amide bonds. The van der Waals surface area contributed by atoms with Gasteiger partial charge in [0.2, 0.25) is 0 Å². The molecule has 21 heavy (non-hydrogen) atoms. The fourth-order valence-electron chi connectivity index (χ4n) is 2.62. The zero-order valence-electron chi connectivity index (χ0n) is 13.7. The highest BCUT2D eigenvalue weighted by molar-refractivity contribution is 5.27. The van der Waals surface area contributed by atoms with Crippen molar-refractivity contribution in [3.05, 3.63) is 29.8 Å². The second-order valence-electron chi connectivity index (χ2n) is 5.81. The van der Waals surface area contributed by atoms with Crippen molar-refractivity contribution in [3.63, 3.8) is 0 Å². The number of hydrogen-bond acceptors (Lipinski definition) is 3. The van der Waals surface area contributed by atoms with Crippen LogP contribution >= 0.6 is 0 Å². The van der Waals surface area contributed by atoms with Crippen LogP contribution in [0.5, 0.6) is 5.75 Å². The highest BCUT2D eigenvalue weighted by Crippen LogP contribution is 2.15. The molecule has 0 fully saturated rings. The van der Waals surface area contributed by atoms with Gasteiger partial charge in [0.1, 0.15) is 5.75 Å². The predicted molar refractivity (Wildman–Crippen MR) is 90.4 cm³/mol. The van der Waals surface area contributed by atoms with Crippen LogP contribution < -0.4 is 16.0 Å². The molecule has 3 heteroatoms. The molecule has 120 valence electrons. The van der Waals surface area contributed by atoms with Crippen molar-refractivity contribution in [1.29, 1.82) is 0 Å². The molecule has 1 unspecified atom stereocenters. The van der Waals surface area contributed by atoms with E-state index in [4.69, 9.17) is 10.6 Å². The van der Waals surface area contributed by atoms with Gasteiger partial charge in [-0.05, 0) is 37.0 Å². The first kappa shape index (κ1) is 18.0. The quantitative estimate of drug-likeness (QED) is 0.345. The average Bonchev–Trinajstić information content (AvgIpc) is 2.54. The summed E-state index contributed by atoms with van der Waals surface area (Å²) < 4.78 is 5.18. The zero-order valence-corrected chi connectivity index (χ0v) is 13.7. The number of nitrogens with two attached hydrogens (primary N) is 1. The van der Waals surface area contributed by atoms with E-state index in [2.05, 4.69) is 24.5 Å². The lowest BCUT2D eigenvalue weighted by Crippen LogP contribution is -2.35. The SMILES string of the molecule is CCCCCCCCC(CCc1ccc(OC)cc1)NN. The molecule has 0 saturated carbocycles. The monoisotopic (exact) mass is 292 g/mol. The zero-order chi connectivity index (χ0) is 15.3. The van der Waals surface area contributed by atoms with Crippen LogP contribution in [0.3, 0.4) is 0 Å². The fourth-order valence-corrected chi connectivity index (χ4v) is 2.62. The van der Waals surface area contributed by atoms with Gasteiger partial charge in [-0.3, -0.25) is 11.3 Å². The molecule has 0 bridgehead atoms. The van der Waals surface area contributed by atoms with Crippen molar-refractivity contribution in [2.45, 2.75) is 70.8 Å². The summed E-state index contributed by atoms with van der Waals surface area (Å²) in [6, 6.07) is 8.74. The molecule has 3 N–H and O–H groups in total. The van der Waals surface area contributed by atoms with Crippen molar-refractivity contribution in [2.75, 3.05) is 7.11 Å². The van der Waals surface area contributed by atoms with E-state index in [1.165, 1.54) is 50.5 Å². The van der Waals surface area contributed by atoms with Crippen LogP contribution in [-0.4, -0.2) is 13.2 Å². The van der Waals surface area contributed by atoms with Crippen molar-refractivity contribution in [1.82, 2.24) is 5.43 Å². The number of hydrogen-bond donors (Lipinski definition) is 2. The lowest BCUT2D eigenvalue weighted by Gasteiger charge is -2.15. The van der Waals surface area contributed by atoms with Crippen LogP contribution in [0.15, 0.2) is 24.3 Å². The Kier molecular flexibility index (Phi) is 9.92. The smallest absolute Gasteiger partial charge is 0.118 e. The van der Waals surface area contributed by atoms with Crippen LogP contribution in [0.1, 0.15) is 63.9 Å². The van der Waals surface area contributed by atoms with Gasteiger partial charge in [0, 0.05) is 6.04 Å². The standard InChI is InChI=1S/C18H32N2O/c1-3-4-5-6-7-8-9-17(20-19)13-10-16-11-14-18(21-2)15-12-16/h11-12,14-15,17,20H,3-10,13,19H2,1-2H3. The molecule has 1 aromatic rings. The van der Waals surface area contributed by atoms with E-state index in [0.717, 1.165) is 18.6 Å². The number of hydrazine groups is 1. The number of nitrogens with one attached hydrogen (secondary N) is 1. The molecule has 0 aliphatic rings. The minimum absolute atomic E-state index is 0.429. The summed E-state index contributed by atoms with van der Waals surface area (Å²) in [5.74, 6) is 6.59. The van der Waals surface area contributed by atoms with Gasteiger partial charge in [0.25, 0.3) is 0 Å². The molecule has 0 saturated heterocycles. The third-order valence-corrected chi connectivity index (χ3v) is 4.08. The van der Waals surface area contributed by atoms with Crippen molar-refractivity contribution in [3.8, 4) is 5.75 Å². The van der Waals surface area contributed by atoms with Crippen LogP contribution in [0.2, 0.25) is 0 Å². The van der Waals surface area contributed by atoms with Crippen LogP contribution in [0.25, 0.3) is 0 Å². The van der Waals surface area contributed by atoms with Gasteiger partial charge in [0.05, 0.1) is 7.11 Å². The Balaban J connectivity index is 2.17. The Morgan fingerprint density at radius 3 is 2.29 bits per heavy atom. The summed E-state index contributed by atoms with van der Waals surface area (Å²) in [5.41, 5.74) is 4.32. The van der Waals surface area contributed by atoms with E-state index in [9.17, 15) is 0 Å². The van der Waals surface area contributed by atoms with Crippen molar-refractivity contribution in [2.24, 2.45) is 5.84 Å². The van der Waals surface area contributed by atoms with E-state index in [0.29, 0.717) is 6.04 Å². The molecule has 0 spiro atoms. The highest BCUT2D eigenvalue weighted by atomic mass is 16.5. The molecule has 1 atom stereocenters. The van der Waals surface area contributed by atoms with Gasteiger partial charge in [-0.25, -0.2) is 0 Å². The fraction of sp³-hybridized carbons (Fsp3) is 0.667. The average molecular weight is 292 g/mol. The van der Waals surface area contributed by atoms with E-state index < -0.39 is 0 Å². The molecule has 0 radical (unpaired) electrons. The Hall–Kier alpha value is -1.06. The minimum Gasteiger partial charge on any atom is -0.497 e. The van der Waals surface area contributed by atoms with Crippen LogP contribution in [0, 0.1) is 0 Å². The van der Waals surface area contributed by atoms with Crippen LogP contribution in [-0.2, 0) is 6.42 Å². The third kappa shape index (κ3) is 8.08. The van der Waals surface area contributed by atoms with E-state index in [1.807, 2.05) is 12.1 Å². The third-order valence-electron chi connectivity index (χ3n) is 4.08. The number of rotatable bonds is 12. The predicted octanol–water partition coefficient (Wildman–Crippen LogP) is 4.21. The maximum absolute atomic E-state index is 5.67. The molecular weight excluding hydrogens is 260 g/mol. The Morgan fingerprint density at radius 1 is 1.00 bits per heavy atom. The lowest BCUT2D eigenvalue weighted by molar-refractivity contribution is 0.414. The molecule has 0 aliphatic carbocycles. The highest BCUT2D eigenvalue weighted by Gasteiger charge is 2.06. The van der Waals surface area contributed by atoms with Gasteiger partial charge < -0.3 is 4.74 Å². The summed E-state index contributed by atoms with van der Waals surface area (Å²) in [7, 11) is 1.70. The first-order valence-corrected chi connectivity index (χ1v) is 8.39. The maximum atomic E-state index is 5.67. The molecule has 0 aliphatic heterocycles. The van der Waals surface area contributed by atoms with Gasteiger partial charge in [-0.15, -0.1) is 0 Å². The summed E-state index contributed by atoms with van der Waals surface area (Å²) in [6.07, 6.45) is 11.4. The number of aryl methyl sites for hydroxylation is 1. The van der Waals surface area contributed by atoms with E-state index in [1.54, 1.807) is 7.11 Å². The second kappa shape index (κ2) is 11.6. The molecule has 1 rings (SSSR count). The summed E-state index contributed by atoms with van der Waals surface area (Å²) >= 11 is 0. The molecule has 0 heterocycles. The second-order valence-corrected chi connectivity index (χ2v) is 5.81. The first-order chi connectivity index (χ1) is 10.3. The Labute approximate surface area is 130 Å². The molecule has 0 aromatic heterocycles. The minimum atomic E-state index is 0.429. The van der Waals surface area contributed by atoms with Crippen molar-refractivity contribution < 1.29 is 4.74 Å². The summed E-state index contributed by atoms with van der Waals surface area (Å²) in [6.45, 7) is 2.26. The van der Waals surface area contributed by atoms with Crippen molar-refractivity contribution >= 4 is 0 Å². The summed E-state index contributed by atoms with van der Waals surface area (Å²) in [5, 5.41) is 0. The molecular formula is C18H32N2O. The Bertz CT molecular complexity index is 351. The van der Waals surface area contributed by atoms with Gasteiger partial charge in [0.15, 0.2) is 0 Å². The first-order valence-electron chi connectivity index (χ1n) is 8.39. The number of methoxy groups -OCH3 is 1. The normalized spacial score (nSPS) is 12.3. The molecule has 3 nitrogen and oxygen atoms in total. The van der Waals surface area contributed by atoms with Gasteiger partial charge in [-0.2, -0.15) is 0 Å². The number of unbranched alkanes of at least 4 members (excludes halogenated alkanes) is 5. The number of ether oxygens (including phenoxy) is 1. The lowest BCUT2D eigenvalue weighted by atomic mass is 10.00. The topological polar surface area (TPSA) is 47.3 Å². The summed E-state index contributed by atoms with van der Waals surface area (Å²) in [4.78, 5) is 0. The number of benzene rings is 1. The van der Waals surface area contributed by atoms with E-state index >= 15 is 0 Å². The van der Waals surface area contributed by atoms with Gasteiger partial charge >= 0.3 is 0 Å².